The Labute approximate surface area is 143 Å². The Morgan fingerprint density at radius 3 is 2.75 bits per heavy atom. The van der Waals surface area contributed by atoms with Crippen LogP contribution >= 0.6 is 0 Å². The molecule has 2 aromatic rings. The number of hydrogen-bond acceptors (Lipinski definition) is 2. The van der Waals surface area contributed by atoms with Crippen molar-refractivity contribution in [2.24, 2.45) is 22.9 Å². The Morgan fingerprint density at radius 1 is 1.12 bits per heavy atom. The van der Waals surface area contributed by atoms with Gasteiger partial charge in [0, 0.05) is 11.6 Å². The van der Waals surface area contributed by atoms with Gasteiger partial charge >= 0.3 is 0 Å². The smallest absolute Gasteiger partial charge is 0.244 e. The molecule has 0 heterocycles. The lowest BCUT2D eigenvalue weighted by atomic mass is 9.86. The van der Waals surface area contributed by atoms with Crippen LogP contribution in [0.15, 0.2) is 47.6 Å². The molecular formula is C21H24N2O. The zero-order valence-electron chi connectivity index (χ0n) is 14.2. The number of carbonyl (C=O) groups is 1. The van der Waals surface area contributed by atoms with Crippen LogP contribution < -0.4 is 5.43 Å². The monoisotopic (exact) mass is 320 g/mol. The Bertz CT molecular complexity index is 790. The Balaban J connectivity index is 1.42. The highest BCUT2D eigenvalue weighted by atomic mass is 16.2. The van der Waals surface area contributed by atoms with Gasteiger partial charge in [-0.1, -0.05) is 48.9 Å². The molecule has 0 spiro atoms. The molecule has 2 aromatic carbocycles. The topological polar surface area (TPSA) is 41.5 Å². The summed E-state index contributed by atoms with van der Waals surface area (Å²) in [5.74, 6) is 2.25. The number of hydrogen-bond donors (Lipinski definition) is 1. The van der Waals surface area contributed by atoms with Gasteiger partial charge in [-0.2, -0.15) is 5.10 Å². The highest BCUT2D eigenvalue weighted by Gasteiger charge is 2.40. The molecule has 3 heteroatoms. The van der Waals surface area contributed by atoms with Gasteiger partial charge in [0.15, 0.2) is 0 Å². The molecular weight excluding hydrogens is 296 g/mol. The van der Waals surface area contributed by atoms with E-state index in [0.717, 1.165) is 28.5 Å². The van der Waals surface area contributed by atoms with Crippen molar-refractivity contribution in [3.05, 3.63) is 48.0 Å². The highest BCUT2D eigenvalue weighted by molar-refractivity contribution is 5.91. The van der Waals surface area contributed by atoms with Gasteiger partial charge in [0.1, 0.15) is 0 Å². The van der Waals surface area contributed by atoms with Crippen molar-refractivity contribution < 1.29 is 4.79 Å². The summed E-state index contributed by atoms with van der Waals surface area (Å²) in [5, 5.41) is 6.73. The quantitative estimate of drug-likeness (QED) is 0.662. The summed E-state index contributed by atoms with van der Waals surface area (Å²) < 4.78 is 0. The molecule has 2 saturated carbocycles. The van der Waals surface area contributed by atoms with Gasteiger partial charge in [-0.15, -0.1) is 0 Å². The van der Waals surface area contributed by atoms with E-state index in [1.807, 2.05) is 24.3 Å². The third-order valence-corrected chi connectivity index (χ3v) is 5.86. The summed E-state index contributed by atoms with van der Waals surface area (Å²) in [6, 6.07) is 14.3. The highest BCUT2D eigenvalue weighted by Crippen LogP contribution is 2.48. The summed E-state index contributed by atoms with van der Waals surface area (Å²) in [6.07, 6.45) is 5.73. The van der Waals surface area contributed by atoms with Crippen LogP contribution in [0.1, 0.15) is 38.2 Å². The van der Waals surface area contributed by atoms with E-state index in [0.29, 0.717) is 12.3 Å². The van der Waals surface area contributed by atoms with Gasteiger partial charge in [0.25, 0.3) is 0 Å². The van der Waals surface area contributed by atoms with Crippen LogP contribution in [-0.2, 0) is 11.2 Å². The van der Waals surface area contributed by atoms with E-state index in [1.165, 1.54) is 31.1 Å². The lowest BCUT2D eigenvalue weighted by Gasteiger charge is -2.21. The molecule has 124 valence electrons. The maximum absolute atomic E-state index is 12.3. The fourth-order valence-electron chi connectivity index (χ4n) is 4.65. The first kappa shape index (κ1) is 15.4. The predicted octanol–water partition coefficient (Wildman–Crippen LogP) is 4.31. The Morgan fingerprint density at radius 2 is 1.96 bits per heavy atom. The van der Waals surface area contributed by atoms with Gasteiger partial charge in [-0.05, 0) is 54.4 Å². The number of rotatable bonds is 4. The Hall–Kier alpha value is -2.16. The van der Waals surface area contributed by atoms with E-state index in [4.69, 9.17) is 0 Å². The van der Waals surface area contributed by atoms with Gasteiger partial charge in [0.2, 0.25) is 5.91 Å². The first-order valence-electron chi connectivity index (χ1n) is 9.00. The third kappa shape index (κ3) is 2.95. The number of carbonyl (C=O) groups excluding carboxylic acids is 1. The van der Waals surface area contributed by atoms with Crippen LogP contribution in [0.2, 0.25) is 0 Å². The normalized spacial score (nSPS) is 26.0. The number of hydrazone groups is 1. The first-order chi connectivity index (χ1) is 11.7. The predicted molar refractivity (Wildman–Crippen MR) is 97.8 cm³/mol. The summed E-state index contributed by atoms with van der Waals surface area (Å²) in [4.78, 5) is 12.3. The fourth-order valence-corrected chi connectivity index (χ4v) is 4.65. The van der Waals surface area contributed by atoms with Crippen molar-refractivity contribution in [3.8, 4) is 0 Å². The molecule has 1 N–H and O–H groups in total. The minimum Gasteiger partial charge on any atom is -0.273 e. The lowest BCUT2D eigenvalue weighted by Crippen LogP contribution is -2.25. The first-order valence-corrected chi connectivity index (χ1v) is 9.00. The molecule has 0 aromatic heterocycles. The summed E-state index contributed by atoms with van der Waals surface area (Å²) >= 11 is 0. The van der Waals surface area contributed by atoms with Crippen LogP contribution in [-0.4, -0.2) is 11.6 Å². The van der Waals surface area contributed by atoms with E-state index in [-0.39, 0.29) is 5.91 Å². The minimum absolute atomic E-state index is 0.0335. The van der Waals surface area contributed by atoms with Crippen molar-refractivity contribution >= 4 is 22.4 Å². The van der Waals surface area contributed by atoms with E-state index in [1.54, 1.807) is 0 Å². The van der Waals surface area contributed by atoms with Crippen LogP contribution in [0.5, 0.6) is 0 Å². The number of fused-ring (bicyclic) bond motifs is 3. The third-order valence-electron chi connectivity index (χ3n) is 5.86. The average Bonchev–Trinajstić information content (AvgIpc) is 3.23. The molecule has 24 heavy (non-hydrogen) atoms. The summed E-state index contributed by atoms with van der Waals surface area (Å²) in [7, 11) is 0. The maximum Gasteiger partial charge on any atom is 0.244 e. The van der Waals surface area contributed by atoms with E-state index >= 15 is 0 Å². The molecule has 0 radical (unpaired) electrons. The molecule has 0 aliphatic heterocycles. The Kier molecular flexibility index (Phi) is 4.09. The molecule has 1 amide bonds. The molecule has 2 aliphatic rings. The standard InChI is InChI=1S/C21H24N2O/c1-14(20-12-15-9-10-18(20)11-15)22-23-21(24)13-17-7-4-6-16-5-2-3-8-19(16)17/h2-8,15,18,20H,9-13H2,1H3,(H,23,24)/b22-14-/t15-,18-,20+/m0/s1. The molecule has 0 saturated heterocycles. The molecule has 4 rings (SSSR count). The van der Waals surface area contributed by atoms with Crippen LogP contribution in [0, 0.1) is 17.8 Å². The SMILES string of the molecule is C/C(=N/NC(=O)Cc1cccc2ccccc12)[C@H]1C[C@H]2CC[C@H]1C2. The second-order valence-electron chi connectivity index (χ2n) is 7.38. The molecule has 0 unspecified atom stereocenters. The van der Waals surface area contributed by atoms with Crippen molar-refractivity contribution in [2.75, 3.05) is 0 Å². The lowest BCUT2D eigenvalue weighted by molar-refractivity contribution is -0.120. The molecule has 2 fully saturated rings. The second kappa shape index (κ2) is 6.39. The number of amides is 1. The zero-order valence-corrected chi connectivity index (χ0v) is 14.2. The van der Waals surface area contributed by atoms with Crippen molar-refractivity contribution in [3.63, 3.8) is 0 Å². The van der Waals surface area contributed by atoms with E-state index in [2.05, 4.69) is 35.7 Å². The van der Waals surface area contributed by atoms with Crippen molar-refractivity contribution in [1.29, 1.82) is 0 Å². The van der Waals surface area contributed by atoms with Crippen LogP contribution in [0.25, 0.3) is 10.8 Å². The van der Waals surface area contributed by atoms with Crippen molar-refractivity contribution in [2.45, 2.75) is 39.0 Å². The van der Waals surface area contributed by atoms with Crippen LogP contribution in [0.3, 0.4) is 0 Å². The number of nitrogens with one attached hydrogen (secondary N) is 1. The number of benzene rings is 2. The number of nitrogens with zero attached hydrogens (tertiary/aromatic N) is 1. The molecule has 3 atom stereocenters. The maximum atomic E-state index is 12.3. The molecule has 2 aliphatic carbocycles. The van der Waals surface area contributed by atoms with Crippen molar-refractivity contribution in [1.82, 2.24) is 5.43 Å². The summed E-state index contributed by atoms with van der Waals surface area (Å²) in [5.41, 5.74) is 4.94. The van der Waals surface area contributed by atoms with Gasteiger partial charge in [-0.3, -0.25) is 4.79 Å². The molecule has 2 bridgehead atoms. The second-order valence-corrected chi connectivity index (χ2v) is 7.38. The van der Waals surface area contributed by atoms with Gasteiger partial charge in [0.05, 0.1) is 6.42 Å². The van der Waals surface area contributed by atoms with E-state index < -0.39 is 0 Å². The summed E-state index contributed by atoms with van der Waals surface area (Å²) in [6.45, 7) is 2.07. The van der Waals surface area contributed by atoms with E-state index in [9.17, 15) is 4.79 Å². The average molecular weight is 320 g/mol. The fraction of sp³-hybridized carbons (Fsp3) is 0.429. The molecule has 3 nitrogen and oxygen atoms in total. The minimum atomic E-state index is -0.0335. The van der Waals surface area contributed by atoms with Gasteiger partial charge < -0.3 is 0 Å². The zero-order chi connectivity index (χ0) is 16.5. The van der Waals surface area contributed by atoms with Crippen LogP contribution in [0.4, 0.5) is 0 Å². The largest absolute Gasteiger partial charge is 0.273 e. The van der Waals surface area contributed by atoms with Gasteiger partial charge in [-0.25, -0.2) is 5.43 Å².